The number of rotatable bonds is 4. The van der Waals surface area contributed by atoms with Gasteiger partial charge >= 0.3 is 6.08 Å². The van der Waals surface area contributed by atoms with E-state index < -0.39 is 11.7 Å². The molecule has 1 aromatic heterocycles. The number of nitrogens with zero attached hydrogens (tertiary/aromatic N) is 2. The maximum absolute atomic E-state index is 12.5. The van der Waals surface area contributed by atoms with Gasteiger partial charge in [-0.15, -0.1) is 0 Å². The van der Waals surface area contributed by atoms with Crippen LogP contribution < -0.4 is 5.32 Å². The molecule has 78 valence electrons. The molecular weight excluding hydrogens is 185 g/mol. The lowest BCUT2D eigenvalue weighted by Gasteiger charge is -2.16. The summed E-state index contributed by atoms with van der Waals surface area (Å²) in [5.74, 6) is 0.432. The maximum Gasteiger partial charge on any atom is 0.310 e. The van der Waals surface area contributed by atoms with Crippen molar-refractivity contribution in [1.82, 2.24) is 9.97 Å². The fourth-order valence-electron chi connectivity index (χ4n) is 0.930. The Morgan fingerprint density at radius 3 is 2.86 bits per heavy atom. The number of aliphatic hydroxyl groups is 1. The minimum atomic E-state index is -0.752. The van der Waals surface area contributed by atoms with Crippen LogP contribution in [0.5, 0.6) is 0 Å². The van der Waals surface area contributed by atoms with E-state index in [1.165, 1.54) is 6.20 Å². The van der Waals surface area contributed by atoms with Crippen molar-refractivity contribution in [1.29, 1.82) is 0 Å². The predicted molar refractivity (Wildman–Crippen MR) is 51.4 cm³/mol. The first-order chi connectivity index (χ1) is 6.47. The summed E-state index contributed by atoms with van der Waals surface area (Å²) in [6.45, 7) is 3.98. The minimum Gasteiger partial charge on any atom is -0.390 e. The molecule has 0 aliphatic carbocycles. The van der Waals surface area contributed by atoms with Gasteiger partial charge in [0.25, 0.3) is 0 Å². The topological polar surface area (TPSA) is 58.0 Å². The van der Waals surface area contributed by atoms with Gasteiger partial charge in [0, 0.05) is 12.7 Å². The lowest BCUT2D eigenvalue weighted by molar-refractivity contribution is 0.0748. The number of halogens is 1. The zero-order valence-corrected chi connectivity index (χ0v) is 8.29. The van der Waals surface area contributed by atoms with Gasteiger partial charge in [-0.2, -0.15) is 9.37 Å². The smallest absolute Gasteiger partial charge is 0.310 e. The Hall–Kier alpha value is -1.23. The van der Waals surface area contributed by atoms with E-state index in [4.69, 9.17) is 0 Å². The van der Waals surface area contributed by atoms with Crippen LogP contribution in [-0.4, -0.2) is 27.2 Å². The largest absolute Gasteiger partial charge is 0.390 e. The van der Waals surface area contributed by atoms with Gasteiger partial charge in [0.2, 0.25) is 0 Å². The Balaban J connectivity index is 2.39. The van der Waals surface area contributed by atoms with E-state index >= 15 is 0 Å². The fraction of sp³-hybridized carbons (Fsp3) is 0.556. The number of hydrogen-bond donors (Lipinski definition) is 2. The van der Waals surface area contributed by atoms with Gasteiger partial charge in [-0.05, 0) is 26.3 Å². The van der Waals surface area contributed by atoms with Crippen LogP contribution >= 0.6 is 0 Å². The van der Waals surface area contributed by atoms with Crippen molar-refractivity contribution in [2.75, 3.05) is 11.9 Å². The first kappa shape index (κ1) is 10.8. The molecule has 0 unspecified atom stereocenters. The quantitative estimate of drug-likeness (QED) is 0.715. The predicted octanol–water partition coefficient (Wildman–Crippen LogP) is 1.19. The van der Waals surface area contributed by atoms with E-state index in [0.29, 0.717) is 18.8 Å². The third-order valence-corrected chi connectivity index (χ3v) is 1.67. The van der Waals surface area contributed by atoms with Gasteiger partial charge in [-0.1, -0.05) is 0 Å². The first-order valence-electron chi connectivity index (χ1n) is 4.42. The minimum absolute atomic E-state index is 0.432. The van der Waals surface area contributed by atoms with Crippen molar-refractivity contribution < 1.29 is 9.50 Å². The summed E-state index contributed by atoms with van der Waals surface area (Å²) in [6, 6.07) is 1.58. The highest BCUT2D eigenvalue weighted by molar-refractivity contribution is 5.31. The van der Waals surface area contributed by atoms with Crippen LogP contribution in [0.25, 0.3) is 0 Å². The second-order valence-electron chi connectivity index (χ2n) is 3.70. The van der Waals surface area contributed by atoms with Crippen molar-refractivity contribution in [3.63, 3.8) is 0 Å². The molecule has 0 amide bonds. The molecule has 14 heavy (non-hydrogen) atoms. The molecule has 0 fully saturated rings. The molecule has 0 bridgehead atoms. The van der Waals surface area contributed by atoms with Crippen LogP contribution in [0.4, 0.5) is 10.2 Å². The molecule has 0 spiro atoms. The highest BCUT2D eigenvalue weighted by Crippen LogP contribution is 2.08. The molecule has 0 saturated carbocycles. The van der Waals surface area contributed by atoms with E-state index in [-0.39, 0.29) is 0 Å². The number of aromatic nitrogens is 2. The fourth-order valence-corrected chi connectivity index (χ4v) is 0.930. The Morgan fingerprint density at radius 1 is 1.57 bits per heavy atom. The molecule has 0 aliphatic rings. The molecule has 0 aliphatic heterocycles. The Bertz CT molecular complexity index is 298. The molecule has 0 aromatic carbocycles. The van der Waals surface area contributed by atoms with Crippen LogP contribution in [0.2, 0.25) is 0 Å². The molecule has 0 saturated heterocycles. The lowest BCUT2D eigenvalue weighted by Crippen LogP contribution is -2.22. The average Bonchev–Trinajstić information content (AvgIpc) is 2.01. The van der Waals surface area contributed by atoms with Crippen molar-refractivity contribution in [2.24, 2.45) is 0 Å². The summed E-state index contributed by atoms with van der Waals surface area (Å²) in [5, 5.41) is 12.3. The lowest BCUT2D eigenvalue weighted by atomic mass is 10.1. The molecule has 1 heterocycles. The normalized spacial score (nSPS) is 11.4. The SMILES string of the molecule is CC(C)(O)CCNc1ccnc(F)n1. The molecular formula is C9H14FN3O. The van der Waals surface area contributed by atoms with Gasteiger partial charge in [0.05, 0.1) is 5.60 Å². The van der Waals surface area contributed by atoms with E-state index in [1.54, 1.807) is 19.9 Å². The van der Waals surface area contributed by atoms with Crippen LogP contribution in [0.15, 0.2) is 12.3 Å². The molecule has 5 heteroatoms. The molecule has 0 atom stereocenters. The van der Waals surface area contributed by atoms with Crippen molar-refractivity contribution >= 4 is 5.82 Å². The van der Waals surface area contributed by atoms with Gasteiger partial charge in [-0.25, -0.2) is 4.98 Å². The third-order valence-electron chi connectivity index (χ3n) is 1.67. The summed E-state index contributed by atoms with van der Waals surface area (Å²) in [7, 11) is 0. The third kappa shape index (κ3) is 4.13. The Kier molecular flexibility index (Phi) is 3.35. The highest BCUT2D eigenvalue weighted by atomic mass is 19.1. The number of anilines is 1. The van der Waals surface area contributed by atoms with E-state index in [9.17, 15) is 9.50 Å². The van der Waals surface area contributed by atoms with E-state index in [1.807, 2.05) is 0 Å². The van der Waals surface area contributed by atoms with Gasteiger partial charge < -0.3 is 10.4 Å². The zero-order chi connectivity index (χ0) is 10.6. The summed E-state index contributed by atoms with van der Waals surface area (Å²) in [6.07, 6.45) is 1.16. The average molecular weight is 199 g/mol. The molecule has 2 N–H and O–H groups in total. The van der Waals surface area contributed by atoms with Crippen molar-refractivity contribution in [3.8, 4) is 0 Å². The maximum atomic E-state index is 12.5. The van der Waals surface area contributed by atoms with Gasteiger partial charge in [0.15, 0.2) is 0 Å². The van der Waals surface area contributed by atoms with Crippen LogP contribution in [0.3, 0.4) is 0 Å². The first-order valence-corrected chi connectivity index (χ1v) is 4.42. The van der Waals surface area contributed by atoms with Crippen LogP contribution in [-0.2, 0) is 0 Å². The van der Waals surface area contributed by atoms with Crippen molar-refractivity contribution in [2.45, 2.75) is 25.9 Å². The molecule has 1 rings (SSSR count). The van der Waals surface area contributed by atoms with Crippen LogP contribution in [0, 0.1) is 6.08 Å². The second-order valence-corrected chi connectivity index (χ2v) is 3.70. The van der Waals surface area contributed by atoms with E-state index in [2.05, 4.69) is 15.3 Å². The molecule has 0 radical (unpaired) electrons. The monoisotopic (exact) mass is 199 g/mol. The van der Waals surface area contributed by atoms with E-state index in [0.717, 1.165) is 0 Å². The summed E-state index contributed by atoms with van der Waals surface area (Å²) in [5.41, 5.74) is -0.724. The summed E-state index contributed by atoms with van der Waals surface area (Å²) in [4.78, 5) is 6.85. The van der Waals surface area contributed by atoms with Crippen LogP contribution in [0.1, 0.15) is 20.3 Å². The standard InChI is InChI=1S/C9H14FN3O/c1-9(2,14)4-6-11-7-3-5-12-8(10)13-7/h3,5,14H,4,6H2,1-2H3,(H,11,12,13). The summed E-state index contributed by atoms with van der Waals surface area (Å²) < 4.78 is 12.5. The Labute approximate surface area is 82.2 Å². The number of nitrogens with one attached hydrogen (secondary N) is 1. The van der Waals surface area contributed by atoms with Gasteiger partial charge in [0.1, 0.15) is 5.82 Å². The van der Waals surface area contributed by atoms with Crippen molar-refractivity contribution in [3.05, 3.63) is 18.3 Å². The Morgan fingerprint density at radius 2 is 2.29 bits per heavy atom. The number of hydrogen-bond acceptors (Lipinski definition) is 4. The summed E-state index contributed by atoms with van der Waals surface area (Å²) >= 11 is 0. The van der Waals surface area contributed by atoms with Gasteiger partial charge in [-0.3, -0.25) is 0 Å². The second kappa shape index (κ2) is 4.32. The highest BCUT2D eigenvalue weighted by Gasteiger charge is 2.11. The molecule has 1 aromatic rings. The zero-order valence-electron chi connectivity index (χ0n) is 8.29. The molecule has 4 nitrogen and oxygen atoms in total.